The minimum absolute atomic E-state index is 0.185. The zero-order valence-corrected chi connectivity index (χ0v) is 18.0. The fourth-order valence-corrected chi connectivity index (χ4v) is 4.53. The highest BCUT2D eigenvalue weighted by Crippen LogP contribution is 2.53. The highest BCUT2D eigenvalue weighted by molar-refractivity contribution is 5.61. The van der Waals surface area contributed by atoms with Crippen LogP contribution in [0, 0.1) is 11.8 Å². The Morgan fingerprint density at radius 2 is 1.77 bits per heavy atom. The van der Waals surface area contributed by atoms with Gasteiger partial charge in [-0.1, -0.05) is 0 Å². The molecule has 6 nitrogen and oxygen atoms in total. The van der Waals surface area contributed by atoms with Crippen molar-refractivity contribution in [1.29, 1.82) is 0 Å². The third-order valence-electron chi connectivity index (χ3n) is 6.50. The van der Waals surface area contributed by atoms with Crippen molar-refractivity contribution in [2.45, 2.75) is 51.4 Å². The molecule has 2 saturated carbocycles. The third kappa shape index (κ3) is 5.20. The fourth-order valence-electron chi connectivity index (χ4n) is 4.53. The Morgan fingerprint density at radius 1 is 1.10 bits per heavy atom. The first-order chi connectivity index (χ1) is 14.7. The van der Waals surface area contributed by atoms with Crippen LogP contribution >= 0.6 is 0 Å². The number of pyridine rings is 1. The predicted molar refractivity (Wildman–Crippen MR) is 112 cm³/mol. The second kappa shape index (κ2) is 8.78. The average Bonchev–Trinajstić information content (AvgIpc) is 3.14. The molecule has 5 rings (SSSR count). The number of nitrogens with zero attached hydrogens (tertiary/aromatic N) is 4. The minimum Gasteiger partial charge on any atom is -0.383 e. The van der Waals surface area contributed by atoms with Crippen molar-refractivity contribution in [2.24, 2.45) is 11.8 Å². The zero-order valence-electron chi connectivity index (χ0n) is 18.0. The standard InChI is InChI=1S/C12H13F3N4.C10H17NO/c1-7(2)19-5-10(18-6-19)8-3-9(12(13,14)15)11(16)17-4-8;1-3-12-4-2-11(1)10-6-8-5-9(8)7-10/h3-7H,1-2H3,(H2,16,17);8-10H,1-7H2. The summed E-state index contributed by atoms with van der Waals surface area (Å²) in [7, 11) is 0. The van der Waals surface area contributed by atoms with Crippen molar-refractivity contribution in [2.75, 3.05) is 32.0 Å². The molecule has 0 radical (unpaired) electrons. The lowest BCUT2D eigenvalue weighted by Gasteiger charge is -2.32. The Labute approximate surface area is 180 Å². The summed E-state index contributed by atoms with van der Waals surface area (Å²) in [6, 6.07) is 2.08. The third-order valence-corrected chi connectivity index (χ3v) is 6.50. The van der Waals surface area contributed by atoms with Crippen LogP contribution in [0.4, 0.5) is 19.0 Å². The van der Waals surface area contributed by atoms with Crippen molar-refractivity contribution in [3.05, 3.63) is 30.4 Å². The van der Waals surface area contributed by atoms with Gasteiger partial charge in [0.25, 0.3) is 0 Å². The van der Waals surface area contributed by atoms with E-state index in [2.05, 4.69) is 14.9 Å². The van der Waals surface area contributed by atoms with Crippen molar-refractivity contribution >= 4 is 5.82 Å². The number of aromatic nitrogens is 3. The molecule has 3 fully saturated rings. The summed E-state index contributed by atoms with van der Waals surface area (Å²) in [4.78, 5) is 10.3. The molecule has 2 atom stereocenters. The van der Waals surface area contributed by atoms with Crippen molar-refractivity contribution < 1.29 is 17.9 Å². The van der Waals surface area contributed by atoms with Crippen LogP contribution in [0.2, 0.25) is 0 Å². The smallest absolute Gasteiger partial charge is 0.383 e. The van der Waals surface area contributed by atoms with Gasteiger partial charge in [0.1, 0.15) is 5.82 Å². The van der Waals surface area contributed by atoms with Gasteiger partial charge in [-0.3, -0.25) is 4.90 Å². The molecule has 2 aromatic heterocycles. The Morgan fingerprint density at radius 3 is 2.35 bits per heavy atom. The molecule has 0 aromatic carbocycles. The van der Waals surface area contributed by atoms with E-state index in [1.807, 2.05) is 13.8 Å². The number of anilines is 1. The van der Waals surface area contributed by atoms with Gasteiger partial charge in [-0.05, 0) is 51.0 Å². The van der Waals surface area contributed by atoms with Gasteiger partial charge < -0.3 is 15.0 Å². The number of fused-ring (bicyclic) bond motifs is 1. The Bertz CT molecular complexity index is 882. The Balaban J connectivity index is 0.000000163. The molecule has 2 N–H and O–H groups in total. The monoisotopic (exact) mass is 437 g/mol. The van der Waals surface area contributed by atoms with Crippen LogP contribution in [0.25, 0.3) is 11.3 Å². The Kier molecular flexibility index (Phi) is 6.25. The lowest BCUT2D eigenvalue weighted by molar-refractivity contribution is -0.137. The molecule has 31 heavy (non-hydrogen) atoms. The SMILES string of the molecule is C1CN(C2CC3CC3C2)CCO1.CC(C)n1cnc(-c2cnc(N)c(C(F)(F)F)c2)c1. The molecule has 3 heterocycles. The number of nitrogen functional groups attached to an aromatic ring is 1. The first-order valence-corrected chi connectivity index (χ1v) is 10.9. The molecular formula is C22H30F3N5O. The highest BCUT2D eigenvalue weighted by Gasteiger charge is 2.47. The number of rotatable bonds is 3. The van der Waals surface area contributed by atoms with Gasteiger partial charge in [0.15, 0.2) is 0 Å². The molecule has 2 aromatic rings. The predicted octanol–water partition coefficient (Wildman–Crippen LogP) is 4.24. The maximum Gasteiger partial charge on any atom is 0.419 e. The van der Waals surface area contributed by atoms with Crippen LogP contribution in [0.1, 0.15) is 44.7 Å². The largest absolute Gasteiger partial charge is 0.419 e. The van der Waals surface area contributed by atoms with E-state index >= 15 is 0 Å². The van der Waals surface area contributed by atoms with Crippen LogP contribution in [0.5, 0.6) is 0 Å². The second-order valence-corrected chi connectivity index (χ2v) is 8.98. The number of alkyl halides is 3. The molecule has 2 unspecified atom stereocenters. The summed E-state index contributed by atoms with van der Waals surface area (Å²) in [6.45, 7) is 8.20. The highest BCUT2D eigenvalue weighted by atomic mass is 19.4. The van der Waals surface area contributed by atoms with Gasteiger partial charge in [0, 0.05) is 43.1 Å². The quantitative estimate of drug-likeness (QED) is 0.778. The summed E-state index contributed by atoms with van der Waals surface area (Å²) in [6.07, 6.45) is 4.54. The molecule has 170 valence electrons. The molecule has 3 aliphatic rings. The second-order valence-electron chi connectivity index (χ2n) is 8.98. The zero-order chi connectivity index (χ0) is 22.2. The maximum absolute atomic E-state index is 12.7. The number of hydrogen-bond acceptors (Lipinski definition) is 5. The van der Waals surface area contributed by atoms with Gasteiger partial charge in [-0.25, -0.2) is 9.97 Å². The lowest BCUT2D eigenvalue weighted by Crippen LogP contribution is -2.42. The number of hydrogen-bond donors (Lipinski definition) is 1. The first-order valence-electron chi connectivity index (χ1n) is 10.9. The molecule has 2 aliphatic carbocycles. The number of halogens is 3. The van der Waals surface area contributed by atoms with E-state index in [9.17, 15) is 13.2 Å². The number of morpholine rings is 1. The first kappa shape index (κ1) is 22.1. The topological polar surface area (TPSA) is 69.2 Å². The van der Waals surface area contributed by atoms with Gasteiger partial charge >= 0.3 is 6.18 Å². The van der Waals surface area contributed by atoms with E-state index in [1.165, 1.54) is 32.1 Å². The molecule has 9 heteroatoms. The normalized spacial score (nSPS) is 25.8. The summed E-state index contributed by atoms with van der Waals surface area (Å²) < 4.78 is 45.4. The summed E-state index contributed by atoms with van der Waals surface area (Å²) in [5.74, 6) is 1.72. The molecule has 0 spiro atoms. The van der Waals surface area contributed by atoms with Crippen LogP contribution in [-0.4, -0.2) is 51.8 Å². The van der Waals surface area contributed by atoms with E-state index in [-0.39, 0.29) is 6.04 Å². The molecule has 0 bridgehead atoms. The molecule has 1 aliphatic heterocycles. The van der Waals surface area contributed by atoms with Crippen molar-refractivity contribution in [3.63, 3.8) is 0 Å². The van der Waals surface area contributed by atoms with Crippen molar-refractivity contribution in [1.82, 2.24) is 19.4 Å². The number of imidazole rings is 1. The Hall–Kier alpha value is -2.13. The average molecular weight is 438 g/mol. The summed E-state index contributed by atoms with van der Waals surface area (Å²) >= 11 is 0. The van der Waals surface area contributed by atoms with Crippen LogP contribution < -0.4 is 5.73 Å². The number of nitrogens with two attached hydrogens (primary N) is 1. The van der Waals surface area contributed by atoms with Crippen LogP contribution in [0.15, 0.2) is 24.8 Å². The lowest BCUT2D eigenvalue weighted by atomic mass is 10.1. The van der Waals surface area contributed by atoms with Gasteiger partial charge in [0.05, 0.1) is 30.8 Å². The minimum atomic E-state index is -4.52. The van der Waals surface area contributed by atoms with Gasteiger partial charge in [-0.2, -0.15) is 13.2 Å². The van der Waals surface area contributed by atoms with Crippen LogP contribution in [-0.2, 0) is 10.9 Å². The van der Waals surface area contributed by atoms with E-state index in [4.69, 9.17) is 10.5 Å². The van der Waals surface area contributed by atoms with E-state index in [0.29, 0.717) is 11.3 Å². The maximum atomic E-state index is 12.7. The summed E-state index contributed by atoms with van der Waals surface area (Å²) in [5, 5.41) is 0. The van der Waals surface area contributed by atoms with E-state index < -0.39 is 17.6 Å². The summed E-state index contributed by atoms with van der Waals surface area (Å²) in [5.41, 5.74) is 5.04. The molecular weight excluding hydrogens is 407 g/mol. The van der Waals surface area contributed by atoms with Crippen LogP contribution in [0.3, 0.4) is 0 Å². The number of ether oxygens (including phenoxy) is 1. The van der Waals surface area contributed by atoms with E-state index in [0.717, 1.165) is 37.2 Å². The van der Waals surface area contributed by atoms with Gasteiger partial charge in [-0.15, -0.1) is 0 Å². The molecule has 1 saturated heterocycles. The molecule has 0 amide bonds. The van der Waals surface area contributed by atoms with Crippen molar-refractivity contribution in [3.8, 4) is 11.3 Å². The van der Waals surface area contributed by atoms with Gasteiger partial charge in [0.2, 0.25) is 0 Å². The fraction of sp³-hybridized carbons (Fsp3) is 0.636. The van der Waals surface area contributed by atoms with E-state index in [1.54, 1.807) is 23.5 Å².